The summed E-state index contributed by atoms with van der Waals surface area (Å²) in [6.07, 6.45) is 7.23. The van der Waals surface area contributed by atoms with Gasteiger partial charge in [0, 0.05) is 13.1 Å². The smallest absolute Gasteiger partial charge is 0.0767 e. The standard InChI is InChI=1S/C12H21NO/c1-6-12(4,5)13-8-7-10(2)14-11(3)9-13/h1,10-11H,7-9H2,2-5H3/t10-,11+/m1/s1. The highest BCUT2D eigenvalue weighted by Gasteiger charge is 2.28. The van der Waals surface area contributed by atoms with E-state index in [9.17, 15) is 0 Å². The predicted octanol–water partition coefficient (Wildman–Crippen LogP) is 1.90. The van der Waals surface area contributed by atoms with Gasteiger partial charge in [0.05, 0.1) is 17.7 Å². The highest BCUT2D eigenvalue weighted by molar-refractivity contribution is 5.09. The molecule has 0 amide bonds. The van der Waals surface area contributed by atoms with Crippen molar-refractivity contribution in [1.82, 2.24) is 4.90 Å². The summed E-state index contributed by atoms with van der Waals surface area (Å²) < 4.78 is 5.77. The molecule has 0 saturated carbocycles. The van der Waals surface area contributed by atoms with Crippen molar-refractivity contribution in [2.75, 3.05) is 13.1 Å². The summed E-state index contributed by atoms with van der Waals surface area (Å²) in [5, 5.41) is 0. The zero-order valence-corrected chi connectivity index (χ0v) is 9.71. The second-order valence-electron chi connectivity index (χ2n) is 4.70. The Morgan fingerprint density at radius 2 is 2.00 bits per heavy atom. The number of hydrogen-bond donors (Lipinski definition) is 0. The molecule has 0 aromatic rings. The van der Waals surface area contributed by atoms with Crippen molar-refractivity contribution < 1.29 is 4.74 Å². The van der Waals surface area contributed by atoms with Gasteiger partial charge < -0.3 is 4.74 Å². The zero-order valence-electron chi connectivity index (χ0n) is 9.71. The number of hydrogen-bond acceptors (Lipinski definition) is 2. The van der Waals surface area contributed by atoms with Gasteiger partial charge in [-0.1, -0.05) is 5.92 Å². The van der Waals surface area contributed by atoms with Crippen LogP contribution in [-0.4, -0.2) is 35.7 Å². The minimum Gasteiger partial charge on any atom is -0.374 e. The van der Waals surface area contributed by atoms with Crippen molar-refractivity contribution in [1.29, 1.82) is 0 Å². The number of nitrogens with zero attached hydrogens (tertiary/aromatic N) is 1. The van der Waals surface area contributed by atoms with E-state index in [1.165, 1.54) is 0 Å². The van der Waals surface area contributed by atoms with Crippen molar-refractivity contribution in [2.24, 2.45) is 0 Å². The molecule has 0 N–H and O–H groups in total. The van der Waals surface area contributed by atoms with Gasteiger partial charge in [-0.15, -0.1) is 6.42 Å². The molecular weight excluding hydrogens is 174 g/mol. The minimum absolute atomic E-state index is 0.151. The molecular formula is C12H21NO. The fourth-order valence-electron chi connectivity index (χ4n) is 1.85. The largest absolute Gasteiger partial charge is 0.374 e. The molecule has 2 heteroatoms. The van der Waals surface area contributed by atoms with E-state index < -0.39 is 0 Å². The summed E-state index contributed by atoms with van der Waals surface area (Å²) in [6, 6.07) is 0. The van der Waals surface area contributed by atoms with Crippen LogP contribution in [0.3, 0.4) is 0 Å². The van der Waals surface area contributed by atoms with Crippen molar-refractivity contribution in [2.45, 2.75) is 51.9 Å². The maximum absolute atomic E-state index is 5.77. The quantitative estimate of drug-likeness (QED) is 0.592. The van der Waals surface area contributed by atoms with Crippen LogP contribution < -0.4 is 0 Å². The predicted molar refractivity (Wildman–Crippen MR) is 59.1 cm³/mol. The van der Waals surface area contributed by atoms with Crippen molar-refractivity contribution in [3.8, 4) is 12.3 Å². The number of ether oxygens (including phenoxy) is 1. The average molecular weight is 195 g/mol. The molecule has 1 saturated heterocycles. The van der Waals surface area contributed by atoms with Crippen LogP contribution in [0.5, 0.6) is 0 Å². The van der Waals surface area contributed by atoms with E-state index in [-0.39, 0.29) is 11.6 Å². The number of terminal acetylenes is 1. The molecule has 0 aliphatic carbocycles. The first-order valence-corrected chi connectivity index (χ1v) is 5.34. The van der Waals surface area contributed by atoms with E-state index in [4.69, 9.17) is 11.2 Å². The first-order chi connectivity index (χ1) is 6.45. The fraction of sp³-hybridized carbons (Fsp3) is 0.833. The molecule has 1 aliphatic heterocycles. The maximum atomic E-state index is 5.77. The Morgan fingerprint density at radius 1 is 1.36 bits per heavy atom. The summed E-state index contributed by atoms with van der Waals surface area (Å²) in [6.45, 7) is 10.4. The lowest BCUT2D eigenvalue weighted by molar-refractivity contribution is 0.00987. The van der Waals surface area contributed by atoms with Gasteiger partial charge in [0.2, 0.25) is 0 Å². The Labute approximate surface area is 87.6 Å². The second kappa shape index (κ2) is 4.33. The Bertz CT molecular complexity index is 229. The third kappa shape index (κ3) is 2.73. The van der Waals surface area contributed by atoms with Gasteiger partial charge in [-0.25, -0.2) is 0 Å². The van der Waals surface area contributed by atoms with Crippen LogP contribution >= 0.6 is 0 Å². The molecule has 1 rings (SSSR count). The SMILES string of the molecule is C#CC(C)(C)N1CC[C@@H](C)O[C@@H](C)C1. The van der Waals surface area contributed by atoms with Crippen LogP contribution in [-0.2, 0) is 4.74 Å². The summed E-state index contributed by atoms with van der Waals surface area (Å²) in [5.74, 6) is 2.84. The van der Waals surface area contributed by atoms with Gasteiger partial charge in [-0.2, -0.15) is 0 Å². The van der Waals surface area contributed by atoms with E-state index in [0.29, 0.717) is 6.10 Å². The van der Waals surface area contributed by atoms with Gasteiger partial charge in [0.1, 0.15) is 0 Å². The van der Waals surface area contributed by atoms with Crippen LogP contribution in [0.2, 0.25) is 0 Å². The summed E-state index contributed by atoms with van der Waals surface area (Å²) in [5.41, 5.74) is -0.151. The highest BCUT2D eigenvalue weighted by atomic mass is 16.5. The Kier molecular flexibility index (Phi) is 3.58. The third-order valence-electron chi connectivity index (χ3n) is 2.89. The molecule has 0 unspecified atom stereocenters. The zero-order chi connectivity index (χ0) is 10.8. The molecule has 0 radical (unpaired) electrons. The molecule has 0 bridgehead atoms. The van der Waals surface area contributed by atoms with Crippen LogP contribution in [0.1, 0.15) is 34.1 Å². The van der Waals surface area contributed by atoms with E-state index in [2.05, 4.69) is 38.5 Å². The molecule has 14 heavy (non-hydrogen) atoms. The third-order valence-corrected chi connectivity index (χ3v) is 2.89. The molecule has 1 heterocycles. The Balaban J connectivity index is 2.68. The summed E-state index contributed by atoms with van der Waals surface area (Å²) in [4.78, 5) is 2.33. The van der Waals surface area contributed by atoms with Crippen LogP contribution in [0.4, 0.5) is 0 Å². The van der Waals surface area contributed by atoms with Gasteiger partial charge >= 0.3 is 0 Å². The van der Waals surface area contributed by atoms with Crippen LogP contribution in [0.25, 0.3) is 0 Å². The first-order valence-electron chi connectivity index (χ1n) is 5.34. The monoisotopic (exact) mass is 195 g/mol. The van der Waals surface area contributed by atoms with Crippen LogP contribution in [0.15, 0.2) is 0 Å². The van der Waals surface area contributed by atoms with Crippen molar-refractivity contribution in [3.05, 3.63) is 0 Å². The average Bonchev–Trinajstić information content (AvgIpc) is 2.27. The topological polar surface area (TPSA) is 12.5 Å². The molecule has 1 aliphatic rings. The normalized spacial score (nSPS) is 30.8. The van der Waals surface area contributed by atoms with Crippen molar-refractivity contribution in [3.63, 3.8) is 0 Å². The van der Waals surface area contributed by atoms with Gasteiger partial charge in [0.25, 0.3) is 0 Å². The Morgan fingerprint density at radius 3 is 2.57 bits per heavy atom. The summed E-state index contributed by atoms with van der Waals surface area (Å²) in [7, 11) is 0. The fourth-order valence-corrected chi connectivity index (χ4v) is 1.85. The maximum Gasteiger partial charge on any atom is 0.0767 e. The van der Waals surface area contributed by atoms with Crippen molar-refractivity contribution >= 4 is 0 Å². The van der Waals surface area contributed by atoms with E-state index in [1.54, 1.807) is 0 Å². The van der Waals surface area contributed by atoms with E-state index >= 15 is 0 Å². The highest BCUT2D eigenvalue weighted by Crippen LogP contribution is 2.19. The molecule has 80 valence electrons. The van der Waals surface area contributed by atoms with Gasteiger partial charge in [-0.05, 0) is 34.1 Å². The lowest BCUT2D eigenvalue weighted by Crippen LogP contribution is -2.45. The van der Waals surface area contributed by atoms with Gasteiger partial charge in [0.15, 0.2) is 0 Å². The Hall–Kier alpha value is -0.520. The lowest BCUT2D eigenvalue weighted by atomic mass is 10.0. The molecule has 2 nitrogen and oxygen atoms in total. The molecule has 1 fully saturated rings. The lowest BCUT2D eigenvalue weighted by Gasteiger charge is -2.34. The number of rotatable bonds is 1. The molecule has 0 spiro atoms. The van der Waals surface area contributed by atoms with Gasteiger partial charge in [-0.3, -0.25) is 4.90 Å². The molecule has 0 aromatic carbocycles. The summed E-state index contributed by atoms with van der Waals surface area (Å²) >= 11 is 0. The second-order valence-corrected chi connectivity index (χ2v) is 4.70. The molecule has 0 aromatic heterocycles. The first kappa shape index (κ1) is 11.6. The van der Waals surface area contributed by atoms with E-state index in [1.807, 2.05) is 0 Å². The minimum atomic E-state index is -0.151. The van der Waals surface area contributed by atoms with Crippen LogP contribution in [0, 0.1) is 12.3 Å². The molecule has 2 atom stereocenters. The van der Waals surface area contributed by atoms with E-state index in [0.717, 1.165) is 19.5 Å².